The van der Waals surface area contributed by atoms with E-state index in [1.165, 1.54) is 12.7 Å². The predicted octanol–water partition coefficient (Wildman–Crippen LogP) is 1.11. The van der Waals surface area contributed by atoms with Crippen molar-refractivity contribution in [2.24, 2.45) is 5.73 Å². The Kier molecular flexibility index (Phi) is 3.76. The zero-order valence-corrected chi connectivity index (χ0v) is 10.1. The maximum atomic E-state index is 11.9. The van der Waals surface area contributed by atoms with E-state index in [0.29, 0.717) is 12.5 Å². The van der Waals surface area contributed by atoms with Crippen molar-refractivity contribution >= 4 is 11.6 Å². The van der Waals surface area contributed by atoms with E-state index >= 15 is 0 Å². The minimum atomic E-state index is 0.0134. The predicted molar refractivity (Wildman–Crippen MR) is 67.1 cm³/mol. The van der Waals surface area contributed by atoms with Gasteiger partial charge in [0.25, 0.3) is 5.91 Å². The first-order valence-corrected chi connectivity index (χ1v) is 5.86. The van der Waals surface area contributed by atoms with Gasteiger partial charge in [-0.3, -0.25) is 4.79 Å². The number of ether oxygens (including phenoxy) is 1. The normalized spacial score (nSPS) is 18.2. The van der Waals surface area contributed by atoms with Crippen LogP contribution in [0.1, 0.15) is 17.9 Å². The fraction of sp³-hybridized carbons (Fsp3) is 0.462. The highest BCUT2D eigenvalue weighted by atomic mass is 16.5. The van der Waals surface area contributed by atoms with Gasteiger partial charge in [0, 0.05) is 25.3 Å². The number of hydrogen-bond donors (Lipinski definition) is 1. The SMILES string of the molecule is COCC(=O)N1CC(CCN)c2ccccc21. The highest BCUT2D eigenvalue weighted by Crippen LogP contribution is 2.37. The summed E-state index contributed by atoms with van der Waals surface area (Å²) >= 11 is 0. The molecule has 0 spiro atoms. The van der Waals surface area contributed by atoms with Crippen LogP contribution in [-0.2, 0) is 9.53 Å². The summed E-state index contributed by atoms with van der Waals surface area (Å²) in [6, 6.07) is 8.03. The lowest BCUT2D eigenvalue weighted by molar-refractivity contribution is -0.122. The summed E-state index contributed by atoms with van der Waals surface area (Å²) in [5, 5.41) is 0. The van der Waals surface area contributed by atoms with E-state index in [4.69, 9.17) is 10.5 Å². The highest BCUT2D eigenvalue weighted by molar-refractivity contribution is 5.96. The molecule has 1 heterocycles. The summed E-state index contributed by atoms with van der Waals surface area (Å²) in [4.78, 5) is 13.7. The third kappa shape index (κ3) is 2.33. The molecule has 2 rings (SSSR count). The van der Waals surface area contributed by atoms with Crippen molar-refractivity contribution in [1.82, 2.24) is 0 Å². The Labute approximate surface area is 101 Å². The zero-order valence-electron chi connectivity index (χ0n) is 10.1. The molecule has 0 radical (unpaired) electrons. The maximum Gasteiger partial charge on any atom is 0.252 e. The van der Waals surface area contributed by atoms with Crippen molar-refractivity contribution in [3.05, 3.63) is 29.8 Å². The number of hydrogen-bond acceptors (Lipinski definition) is 3. The molecule has 1 atom stereocenters. The molecule has 1 amide bonds. The number of rotatable bonds is 4. The highest BCUT2D eigenvalue weighted by Gasteiger charge is 2.31. The van der Waals surface area contributed by atoms with Crippen molar-refractivity contribution in [2.75, 3.05) is 31.7 Å². The first-order chi connectivity index (χ1) is 8.27. The molecular weight excluding hydrogens is 216 g/mol. The standard InChI is InChI=1S/C13H18N2O2/c1-17-9-13(16)15-8-10(6-7-14)11-4-2-3-5-12(11)15/h2-5,10H,6-9,14H2,1H3. The number of para-hydroxylation sites is 1. The van der Waals surface area contributed by atoms with E-state index in [2.05, 4.69) is 6.07 Å². The van der Waals surface area contributed by atoms with Crippen LogP contribution in [0.4, 0.5) is 5.69 Å². The van der Waals surface area contributed by atoms with Crippen LogP contribution in [-0.4, -0.2) is 32.7 Å². The van der Waals surface area contributed by atoms with Crippen molar-refractivity contribution in [3.8, 4) is 0 Å². The summed E-state index contributed by atoms with van der Waals surface area (Å²) < 4.78 is 4.91. The number of methoxy groups -OCH3 is 1. The Morgan fingerprint density at radius 1 is 1.53 bits per heavy atom. The summed E-state index contributed by atoms with van der Waals surface area (Å²) in [7, 11) is 1.54. The summed E-state index contributed by atoms with van der Waals surface area (Å²) in [5.41, 5.74) is 7.85. The Morgan fingerprint density at radius 3 is 3.00 bits per heavy atom. The fourth-order valence-electron chi connectivity index (χ4n) is 2.38. The van der Waals surface area contributed by atoms with Gasteiger partial charge in [0.15, 0.2) is 0 Å². The van der Waals surface area contributed by atoms with Crippen LogP contribution < -0.4 is 10.6 Å². The molecule has 1 aliphatic rings. The van der Waals surface area contributed by atoms with E-state index < -0.39 is 0 Å². The van der Waals surface area contributed by atoms with E-state index in [1.807, 2.05) is 18.2 Å². The van der Waals surface area contributed by atoms with Crippen LogP contribution in [0.2, 0.25) is 0 Å². The summed E-state index contributed by atoms with van der Waals surface area (Å²) in [6.45, 7) is 1.49. The van der Waals surface area contributed by atoms with Crippen LogP contribution in [0.25, 0.3) is 0 Å². The number of fused-ring (bicyclic) bond motifs is 1. The minimum absolute atomic E-state index is 0.0134. The molecule has 0 saturated carbocycles. The molecule has 4 heteroatoms. The lowest BCUT2D eigenvalue weighted by Gasteiger charge is -2.17. The van der Waals surface area contributed by atoms with Gasteiger partial charge in [-0.25, -0.2) is 0 Å². The van der Waals surface area contributed by atoms with Crippen LogP contribution in [0.15, 0.2) is 24.3 Å². The van der Waals surface area contributed by atoms with Crippen molar-refractivity contribution in [3.63, 3.8) is 0 Å². The Balaban J connectivity index is 2.25. The number of amides is 1. The third-order valence-electron chi connectivity index (χ3n) is 3.15. The van der Waals surface area contributed by atoms with E-state index in [-0.39, 0.29) is 12.5 Å². The van der Waals surface area contributed by atoms with Gasteiger partial charge in [-0.2, -0.15) is 0 Å². The summed E-state index contributed by atoms with van der Waals surface area (Å²) in [6.07, 6.45) is 0.910. The molecule has 92 valence electrons. The van der Waals surface area contributed by atoms with Gasteiger partial charge in [0.2, 0.25) is 0 Å². The van der Waals surface area contributed by atoms with Crippen molar-refractivity contribution in [2.45, 2.75) is 12.3 Å². The van der Waals surface area contributed by atoms with Gasteiger partial charge in [-0.15, -0.1) is 0 Å². The van der Waals surface area contributed by atoms with E-state index in [9.17, 15) is 4.79 Å². The molecule has 2 N–H and O–H groups in total. The average Bonchev–Trinajstić information content (AvgIpc) is 2.70. The van der Waals surface area contributed by atoms with Gasteiger partial charge >= 0.3 is 0 Å². The van der Waals surface area contributed by atoms with Crippen molar-refractivity contribution < 1.29 is 9.53 Å². The van der Waals surface area contributed by atoms with Gasteiger partial charge in [0.05, 0.1) is 0 Å². The van der Waals surface area contributed by atoms with E-state index in [0.717, 1.165) is 18.7 Å². The second kappa shape index (κ2) is 5.29. The van der Waals surface area contributed by atoms with Crippen LogP contribution in [0.3, 0.4) is 0 Å². The van der Waals surface area contributed by atoms with Gasteiger partial charge in [0.1, 0.15) is 6.61 Å². The first-order valence-electron chi connectivity index (χ1n) is 5.86. The number of carbonyl (C=O) groups excluding carboxylic acids is 1. The minimum Gasteiger partial charge on any atom is -0.375 e. The Hall–Kier alpha value is -1.39. The Bertz CT molecular complexity index is 406. The molecule has 1 aromatic carbocycles. The quantitative estimate of drug-likeness (QED) is 0.849. The van der Waals surface area contributed by atoms with Gasteiger partial charge in [-0.1, -0.05) is 18.2 Å². The van der Waals surface area contributed by atoms with Gasteiger partial charge < -0.3 is 15.4 Å². The number of nitrogens with zero attached hydrogens (tertiary/aromatic N) is 1. The lowest BCUT2D eigenvalue weighted by atomic mass is 9.98. The number of anilines is 1. The topological polar surface area (TPSA) is 55.6 Å². The second-order valence-electron chi connectivity index (χ2n) is 4.27. The number of carbonyl (C=O) groups is 1. The van der Waals surface area contributed by atoms with Crippen molar-refractivity contribution in [1.29, 1.82) is 0 Å². The molecule has 0 aromatic heterocycles. The molecule has 4 nitrogen and oxygen atoms in total. The maximum absolute atomic E-state index is 11.9. The monoisotopic (exact) mass is 234 g/mol. The molecule has 0 saturated heterocycles. The molecule has 0 bridgehead atoms. The van der Waals surface area contributed by atoms with Crippen LogP contribution in [0.5, 0.6) is 0 Å². The largest absolute Gasteiger partial charge is 0.375 e. The average molecular weight is 234 g/mol. The first kappa shape index (κ1) is 12.1. The fourth-order valence-corrected chi connectivity index (χ4v) is 2.38. The smallest absolute Gasteiger partial charge is 0.252 e. The van der Waals surface area contributed by atoms with E-state index in [1.54, 1.807) is 4.90 Å². The lowest BCUT2D eigenvalue weighted by Crippen LogP contribution is -2.33. The Morgan fingerprint density at radius 2 is 2.29 bits per heavy atom. The molecule has 1 unspecified atom stereocenters. The zero-order chi connectivity index (χ0) is 12.3. The molecule has 0 aliphatic carbocycles. The second-order valence-corrected chi connectivity index (χ2v) is 4.27. The molecule has 1 aromatic rings. The molecular formula is C13H18N2O2. The molecule has 0 fully saturated rings. The third-order valence-corrected chi connectivity index (χ3v) is 3.15. The number of benzene rings is 1. The number of nitrogens with two attached hydrogens (primary N) is 1. The summed E-state index contributed by atoms with van der Waals surface area (Å²) in [5.74, 6) is 0.372. The van der Waals surface area contributed by atoms with Crippen LogP contribution >= 0.6 is 0 Å². The van der Waals surface area contributed by atoms with Gasteiger partial charge in [-0.05, 0) is 24.6 Å². The molecule has 17 heavy (non-hydrogen) atoms. The van der Waals surface area contributed by atoms with Crippen LogP contribution in [0, 0.1) is 0 Å². The molecule has 1 aliphatic heterocycles.